The van der Waals surface area contributed by atoms with E-state index in [0.717, 1.165) is 40.4 Å². The van der Waals surface area contributed by atoms with Gasteiger partial charge < -0.3 is 10.2 Å². The summed E-state index contributed by atoms with van der Waals surface area (Å²) in [6.07, 6.45) is 9.98. The Balaban J connectivity index is 0.000000775. The number of ketones is 3. The molecule has 0 fully saturated rings. The van der Waals surface area contributed by atoms with E-state index >= 15 is 0 Å². The molecule has 17 nitrogen and oxygen atoms in total. The smallest absolute Gasteiger partial charge is 0.175 e. The largest absolute Gasteiger partial charge is 0.324 e. The number of carbonyl (C=O) groups excluding carboxylic acids is 3. The van der Waals surface area contributed by atoms with E-state index in [2.05, 4.69) is 31.8 Å². The molecule has 0 spiro atoms. The van der Waals surface area contributed by atoms with Gasteiger partial charge in [0, 0.05) is 35.8 Å². The van der Waals surface area contributed by atoms with Crippen molar-refractivity contribution in [3.63, 3.8) is 0 Å². The number of aryl methyl sites for hydroxylation is 4. The first-order chi connectivity index (χ1) is 28.6. The van der Waals surface area contributed by atoms with Crippen LogP contribution in [0.25, 0.3) is 11.4 Å². The first-order valence-corrected chi connectivity index (χ1v) is 23.8. The molecule has 0 atom stereocenters. The molecule has 338 valence electrons. The zero-order valence-corrected chi connectivity index (χ0v) is 39.4. The zero-order valence-electron chi connectivity index (χ0n) is 36.9. The third-order valence-corrected chi connectivity index (χ3v) is 10.5. The molecule has 0 aliphatic carbocycles. The Kier molecular flexibility index (Phi) is 23.8. The molecule has 2 heterocycles. The van der Waals surface area contributed by atoms with Crippen LogP contribution in [0.3, 0.4) is 0 Å². The third-order valence-electron chi connectivity index (χ3n) is 7.12. The molecular weight excluding hydrogens is 861 g/mol. The Morgan fingerprint density at radius 2 is 0.919 bits per heavy atom. The fourth-order valence-corrected chi connectivity index (χ4v) is 6.54. The van der Waals surface area contributed by atoms with Crippen molar-refractivity contribution in [3.8, 4) is 23.9 Å². The van der Waals surface area contributed by atoms with Crippen LogP contribution in [0.15, 0.2) is 99.6 Å². The van der Waals surface area contributed by atoms with E-state index in [1.807, 2.05) is 39.8 Å². The first-order valence-electron chi connectivity index (χ1n) is 18.1. The Morgan fingerprint density at radius 1 is 0.629 bits per heavy atom. The number of nitrogens with two attached hydrogens (primary N) is 1. The number of nitrogens with one attached hydrogen (secondary N) is 1. The van der Waals surface area contributed by atoms with E-state index < -0.39 is 29.5 Å². The number of sulfone groups is 3. The summed E-state index contributed by atoms with van der Waals surface area (Å²) in [6, 6.07) is 23.6. The molecular formula is C42H56N6O11S3. The summed E-state index contributed by atoms with van der Waals surface area (Å²) in [5, 5.41) is 8.68. The lowest BCUT2D eigenvalue weighted by Gasteiger charge is -2.05. The molecule has 0 aliphatic rings. The van der Waals surface area contributed by atoms with Crippen LogP contribution in [0.5, 0.6) is 0 Å². The molecule has 0 bridgehead atoms. The molecule has 0 saturated carbocycles. The summed E-state index contributed by atoms with van der Waals surface area (Å²) in [6.45, 7) is 13.6. The minimum absolute atomic E-state index is 0.0625. The second kappa shape index (κ2) is 26.4. The predicted molar refractivity (Wildman–Crippen MR) is 239 cm³/mol. The number of carbonyl (C=O) groups is 3. The number of nitrogen functional groups attached to an aromatic ring is 1. The van der Waals surface area contributed by atoms with Gasteiger partial charge in [-0.25, -0.2) is 34.6 Å². The maximum Gasteiger partial charge on any atom is 0.175 e. The van der Waals surface area contributed by atoms with Crippen molar-refractivity contribution in [1.29, 1.82) is 0 Å². The minimum atomic E-state index is -3.14. The van der Waals surface area contributed by atoms with Crippen molar-refractivity contribution < 1.29 is 49.4 Å². The molecule has 0 aliphatic heterocycles. The van der Waals surface area contributed by atoms with E-state index in [9.17, 15) is 39.6 Å². The second-order valence-corrected chi connectivity index (χ2v) is 19.6. The number of Topliss-reactive ketones (excluding diaryl/α,β-unsaturated/α-hetero) is 3. The van der Waals surface area contributed by atoms with Crippen LogP contribution in [0, 0.1) is 40.2 Å². The Labute approximate surface area is 365 Å². The molecule has 62 heavy (non-hydrogen) atoms. The van der Waals surface area contributed by atoms with Gasteiger partial charge in [-0.2, -0.15) is 15.1 Å². The lowest BCUT2D eigenvalue weighted by molar-refractivity contribution is -0.209. The number of aromatic nitrogens is 4. The highest BCUT2D eigenvalue weighted by atomic mass is 32.2. The average Bonchev–Trinajstić information content (AvgIpc) is 3.69. The fraction of sp³-hybridized carbons (Fsp3) is 0.310. The summed E-state index contributed by atoms with van der Waals surface area (Å²) in [4.78, 5) is 38.3. The Bertz CT molecular complexity index is 2460. The number of terminal acetylenes is 1. The zero-order chi connectivity index (χ0) is 48.0. The highest BCUT2D eigenvalue weighted by molar-refractivity contribution is 7.91. The van der Waals surface area contributed by atoms with Gasteiger partial charge in [-0.3, -0.25) is 20.3 Å². The molecule has 3 N–H and O–H groups in total. The van der Waals surface area contributed by atoms with Crippen molar-refractivity contribution in [3.05, 3.63) is 108 Å². The summed E-state index contributed by atoms with van der Waals surface area (Å²) in [7, 11) is -8.02. The van der Waals surface area contributed by atoms with E-state index in [1.165, 1.54) is 59.4 Å². The molecule has 0 radical (unpaired) electrons. The van der Waals surface area contributed by atoms with Crippen LogP contribution in [-0.4, -0.2) is 88.0 Å². The standard InChI is InChI=1S/2C12H14N2O2S.C7H10N2O2S.C5H8O2.C3H4O2.C3H6O/c2*1-9-8-10(2)14(13-9)11-4-6-12(7-5-11)17(3,15)16;1-12(10,11)7-4-2-6(9-8)3-5-7;1-4(6)3-5(2)7;1-3-5-4-2;1-3(2)4/h2*4-8H,1-3H3;2-5,9H,8H2,1H3;3H2,1-2H3;1H,2H3;1-2H3. The highest BCUT2D eigenvalue weighted by Crippen LogP contribution is 2.17. The number of hydrogen-bond donors (Lipinski definition) is 2. The number of hydrazine groups is 1. The molecule has 20 heteroatoms. The maximum absolute atomic E-state index is 11.3. The lowest BCUT2D eigenvalue weighted by Crippen LogP contribution is -2.06. The van der Waals surface area contributed by atoms with Crippen LogP contribution in [0.1, 0.15) is 56.9 Å². The van der Waals surface area contributed by atoms with Crippen LogP contribution < -0.4 is 11.3 Å². The predicted octanol–water partition coefficient (Wildman–Crippen LogP) is 5.47. The van der Waals surface area contributed by atoms with Gasteiger partial charge in [0.1, 0.15) is 17.3 Å². The number of anilines is 1. The van der Waals surface area contributed by atoms with Gasteiger partial charge in [-0.1, -0.05) is 6.42 Å². The highest BCUT2D eigenvalue weighted by Gasteiger charge is 2.10. The van der Waals surface area contributed by atoms with Crippen LogP contribution >= 0.6 is 0 Å². The maximum atomic E-state index is 11.3. The molecule has 3 aromatic carbocycles. The topological polar surface area (TPSA) is 246 Å². The summed E-state index contributed by atoms with van der Waals surface area (Å²) >= 11 is 0. The monoisotopic (exact) mass is 916 g/mol. The van der Waals surface area contributed by atoms with Gasteiger partial charge in [-0.15, -0.1) is 0 Å². The number of nitrogens with zero attached hydrogens (tertiary/aromatic N) is 4. The normalized spacial score (nSPS) is 10.4. The number of rotatable bonds is 9. The van der Waals surface area contributed by atoms with E-state index in [0.29, 0.717) is 20.4 Å². The van der Waals surface area contributed by atoms with Crippen molar-refractivity contribution in [2.45, 2.75) is 76.5 Å². The van der Waals surface area contributed by atoms with Crippen LogP contribution in [0.4, 0.5) is 5.69 Å². The van der Waals surface area contributed by atoms with E-state index in [1.54, 1.807) is 76.1 Å². The number of hydrogen-bond acceptors (Lipinski definition) is 15. The number of benzene rings is 3. The second-order valence-electron chi connectivity index (χ2n) is 13.5. The average molecular weight is 917 g/mol. The van der Waals surface area contributed by atoms with E-state index in [-0.39, 0.29) is 23.8 Å². The van der Waals surface area contributed by atoms with Gasteiger partial charge in [0.25, 0.3) is 0 Å². The van der Waals surface area contributed by atoms with Crippen molar-refractivity contribution >= 4 is 52.5 Å². The minimum Gasteiger partial charge on any atom is -0.324 e. The Morgan fingerprint density at radius 3 is 1.08 bits per heavy atom. The first kappa shape index (κ1) is 56.0. The molecule has 5 rings (SSSR count). The quantitative estimate of drug-likeness (QED) is 0.0612. The summed E-state index contributed by atoms with van der Waals surface area (Å²) in [5.41, 5.74) is 8.75. The molecule has 0 amide bonds. The summed E-state index contributed by atoms with van der Waals surface area (Å²) in [5.74, 6) is 5.15. The van der Waals surface area contributed by atoms with Crippen molar-refractivity contribution in [2.24, 2.45) is 5.84 Å². The third kappa shape index (κ3) is 22.6. The van der Waals surface area contributed by atoms with Gasteiger partial charge in [0.15, 0.2) is 35.6 Å². The van der Waals surface area contributed by atoms with Gasteiger partial charge >= 0.3 is 0 Å². The fourth-order valence-electron chi connectivity index (χ4n) is 4.65. The van der Waals surface area contributed by atoms with Crippen LogP contribution in [-0.2, 0) is 53.7 Å². The molecule has 2 aromatic heterocycles. The van der Waals surface area contributed by atoms with Crippen LogP contribution in [0.2, 0.25) is 0 Å². The van der Waals surface area contributed by atoms with Gasteiger partial charge in [0.05, 0.1) is 51.0 Å². The lowest BCUT2D eigenvalue weighted by atomic mass is 10.2. The van der Waals surface area contributed by atoms with Gasteiger partial charge in [0.2, 0.25) is 0 Å². The van der Waals surface area contributed by atoms with E-state index in [4.69, 9.17) is 5.84 Å². The van der Waals surface area contributed by atoms with Crippen molar-refractivity contribution in [2.75, 3.05) is 31.3 Å². The molecule has 0 saturated heterocycles. The van der Waals surface area contributed by atoms with Crippen molar-refractivity contribution in [1.82, 2.24) is 19.6 Å². The summed E-state index contributed by atoms with van der Waals surface area (Å²) < 4.78 is 70.9. The van der Waals surface area contributed by atoms with Gasteiger partial charge in [-0.05, 0) is 140 Å². The molecule has 5 aromatic rings. The Hall–Kier alpha value is -5.98. The molecule has 0 unspecified atom stereocenters. The SMILES string of the molecule is C#COOC.CC(=O)CC(C)=O.CC(C)=O.CS(=O)(=O)c1ccc(NN)cc1.Cc1cc(C)n(-c2ccc(S(C)(=O)=O)cc2)n1.Cc1cc(C)n(-c2ccc(S(C)(=O)=O)cc2)n1.